The van der Waals surface area contributed by atoms with Crippen molar-refractivity contribution in [2.75, 3.05) is 0 Å². The van der Waals surface area contributed by atoms with Crippen molar-refractivity contribution >= 4 is 22.3 Å². The quantitative estimate of drug-likeness (QED) is 0.680. The maximum atomic E-state index is 12.0. The summed E-state index contributed by atoms with van der Waals surface area (Å²) in [6.45, 7) is 3.91. The molecule has 114 valence electrons. The Bertz CT molecular complexity index is 792. The summed E-state index contributed by atoms with van der Waals surface area (Å²) in [5.74, 6) is 0. The van der Waals surface area contributed by atoms with Crippen LogP contribution >= 0.6 is 0 Å². The molecule has 0 spiro atoms. The van der Waals surface area contributed by atoms with Gasteiger partial charge in [0.25, 0.3) is 10.0 Å². The van der Waals surface area contributed by atoms with Gasteiger partial charge in [-0.05, 0) is 43.2 Å². The van der Waals surface area contributed by atoms with E-state index in [1.165, 1.54) is 6.21 Å². The van der Waals surface area contributed by atoms with E-state index >= 15 is 0 Å². The van der Waals surface area contributed by atoms with Crippen molar-refractivity contribution in [1.29, 1.82) is 0 Å². The smallest absolute Gasteiger partial charge is 0.200 e. The highest BCUT2D eigenvalue weighted by Gasteiger charge is 2.11. The number of sulfonamides is 1. The van der Waals surface area contributed by atoms with Gasteiger partial charge >= 0.3 is 0 Å². The van der Waals surface area contributed by atoms with Gasteiger partial charge in [0.1, 0.15) is 0 Å². The van der Waals surface area contributed by atoms with E-state index in [1.807, 2.05) is 44.2 Å². The number of aryl methyl sites for hydroxylation is 2. The molecule has 4 nitrogen and oxygen atoms in total. The van der Waals surface area contributed by atoms with Crippen LogP contribution in [0.1, 0.15) is 16.7 Å². The Balaban J connectivity index is 2.00. The predicted molar refractivity (Wildman–Crippen MR) is 90.2 cm³/mol. The van der Waals surface area contributed by atoms with Gasteiger partial charge in [0.15, 0.2) is 0 Å². The summed E-state index contributed by atoms with van der Waals surface area (Å²) in [7, 11) is -3.61. The van der Waals surface area contributed by atoms with Crippen LogP contribution in [0.2, 0.25) is 0 Å². The molecule has 0 amide bonds. The molecule has 0 unspecified atom stereocenters. The van der Waals surface area contributed by atoms with Crippen molar-refractivity contribution in [3.63, 3.8) is 0 Å². The highest BCUT2D eigenvalue weighted by molar-refractivity contribution is 7.89. The predicted octanol–water partition coefficient (Wildman–Crippen LogP) is 3.28. The zero-order chi connectivity index (χ0) is 16.0. The van der Waals surface area contributed by atoms with Crippen LogP contribution in [-0.4, -0.2) is 14.6 Å². The number of allylic oxidation sites excluding steroid dienone is 1. The number of rotatable bonds is 5. The summed E-state index contributed by atoms with van der Waals surface area (Å²) >= 11 is 0. The molecule has 0 saturated heterocycles. The molecule has 0 radical (unpaired) electrons. The van der Waals surface area contributed by atoms with Gasteiger partial charge < -0.3 is 0 Å². The Morgan fingerprint density at radius 2 is 1.68 bits per heavy atom. The van der Waals surface area contributed by atoms with Gasteiger partial charge in [0.2, 0.25) is 0 Å². The van der Waals surface area contributed by atoms with E-state index < -0.39 is 10.0 Å². The topological polar surface area (TPSA) is 58.5 Å². The molecule has 1 N–H and O–H groups in total. The second kappa shape index (κ2) is 7.04. The third kappa shape index (κ3) is 4.30. The van der Waals surface area contributed by atoms with Crippen LogP contribution in [0.4, 0.5) is 0 Å². The molecule has 0 aliphatic carbocycles. The summed E-state index contributed by atoms with van der Waals surface area (Å²) in [5, 5.41) is 3.74. The zero-order valence-corrected chi connectivity index (χ0v) is 13.3. The molecule has 0 heterocycles. The highest BCUT2D eigenvalue weighted by Crippen LogP contribution is 2.10. The second-order valence-corrected chi connectivity index (χ2v) is 6.56. The van der Waals surface area contributed by atoms with Crippen molar-refractivity contribution in [3.8, 4) is 0 Å². The van der Waals surface area contributed by atoms with Gasteiger partial charge in [-0.1, -0.05) is 48.0 Å². The van der Waals surface area contributed by atoms with E-state index in [4.69, 9.17) is 0 Å². The maximum Gasteiger partial charge on any atom is 0.276 e. The molecule has 0 atom stereocenters. The number of nitrogens with zero attached hydrogens (tertiary/aromatic N) is 1. The first-order chi connectivity index (χ1) is 10.5. The van der Waals surface area contributed by atoms with Crippen LogP contribution in [0.3, 0.4) is 0 Å². The summed E-state index contributed by atoms with van der Waals surface area (Å²) in [6, 6.07) is 14.5. The van der Waals surface area contributed by atoms with Crippen molar-refractivity contribution in [2.24, 2.45) is 5.10 Å². The van der Waals surface area contributed by atoms with E-state index in [0.717, 1.165) is 16.7 Å². The van der Waals surface area contributed by atoms with Crippen molar-refractivity contribution in [1.82, 2.24) is 4.83 Å². The SMILES string of the molecule is Cc1ccc(S(=O)(=O)NN=CC=Cc2ccccc2C)cc1. The normalized spacial score (nSPS) is 12.1. The van der Waals surface area contributed by atoms with Crippen molar-refractivity contribution in [3.05, 3.63) is 71.3 Å². The lowest BCUT2D eigenvalue weighted by Crippen LogP contribution is -2.17. The first-order valence-corrected chi connectivity index (χ1v) is 8.31. The molecule has 0 bridgehead atoms. The van der Waals surface area contributed by atoms with Crippen LogP contribution in [-0.2, 0) is 10.0 Å². The molecule has 2 rings (SSSR count). The molecular weight excluding hydrogens is 296 g/mol. The molecule has 0 saturated carbocycles. The highest BCUT2D eigenvalue weighted by atomic mass is 32.2. The molecule has 0 aromatic heterocycles. The minimum absolute atomic E-state index is 0.193. The first kappa shape index (κ1) is 16.0. The zero-order valence-electron chi connectivity index (χ0n) is 12.5. The van der Waals surface area contributed by atoms with Crippen molar-refractivity contribution < 1.29 is 8.42 Å². The summed E-state index contributed by atoms with van der Waals surface area (Å²) in [4.78, 5) is 2.38. The van der Waals surface area contributed by atoms with Gasteiger partial charge in [-0.25, -0.2) is 4.83 Å². The van der Waals surface area contributed by atoms with Crippen molar-refractivity contribution in [2.45, 2.75) is 18.7 Å². The van der Waals surface area contributed by atoms with Gasteiger partial charge in [-0.2, -0.15) is 13.5 Å². The van der Waals surface area contributed by atoms with E-state index in [0.29, 0.717) is 0 Å². The number of hydrazone groups is 1. The number of nitrogens with one attached hydrogen (secondary N) is 1. The fourth-order valence-corrected chi connectivity index (χ4v) is 2.63. The minimum atomic E-state index is -3.61. The second-order valence-electron chi connectivity index (χ2n) is 4.90. The summed E-state index contributed by atoms with van der Waals surface area (Å²) < 4.78 is 24.0. The number of hydrogen-bond donors (Lipinski definition) is 1. The van der Waals surface area contributed by atoms with E-state index in [-0.39, 0.29) is 4.90 Å². The minimum Gasteiger partial charge on any atom is -0.200 e. The van der Waals surface area contributed by atoms with Crippen LogP contribution in [0.5, 0.6) is 0 Å². The number of hydrogen-bond acceptors (Lipinski definition) is 3. The fourth-order valence-electron chi connectivity index (χ4n) is 1.83. The van der Waals surface area contributed by atoms with Crippen LogP contribution in [0.15, 0.2) is 64.6 Å². The van der Waals surface area contributed by atoms with Gasteiger partial charge in [-0.15, -0.1) is 0 Å². The van der Waals surface area contributed by atoms with Gasteiger partial charge in [0, 0.05) is 6.21 Å². The molecule has 0 fully saturated rings. The fraction of sp³-hybridized carbons (Fsp3) is 0.118. The summed E-state index contributed by atoms with van der Waals surface area (Å²) in [6.07, 6.45) is 4.98. The largest absolute Gasteiger partial charge is 0.276 e. The standard InChI is InChI=1S/C17H18N2O2S/c1-14-9-11-17(12-10-14)22(20,21)19-18-13-5-8-16-7-4-3-6-15(16)2/h3-13,19H,1-2H3. The lowest BCUT2D eigenvalue weighted by Gasteiger charge is -2.02. The van der Waals surface area contributed by atoms with E-state index in [2.05, 4.69) is 9.93 Å². The molecule has 2 aromatic carbocycles. The van der Waals surface area contributed by atoms with Crippen LogP contribution in [0, 0.1) is 13.8 Å². The Kier molecular flexibility index (Phi) is 5.12. The van der Waals surface area contributed by atoms with Gasteiger partial charge in [0.05, 0.1) is 4.90 Å². The van der Waals surface area contributed by atoms with Gasteiger partial charge in [-0.3, -0.25) is 0 Å². The average Bonchev–Trinajstić information content (AvgIpc) is 2.49. The van der Waals surface area contributed by atoms with Crippen LogP contribution < -0.4 is 4.83 Å². The Hall–Kier alpha value is -2.40. The average molecular weight is 314 g/mol. The summed E-state index contributed by atoms with van der Waals surface area (Å²) in [5.41, 5.74) is 3.21. The van der Waals surface area contributed by atoms with Crippen LogP contribution in [0.25, 0.3) is 6.08 Å². The molecular formula is C17H18N2O2S. The lowest BCUT2D eigenvalue weighted by molar-refractivity contribution is 0.584. The Morgan fingerprint density at radius 1 is 1.00 bits per heavy atom. The first-order valence-electron chi connectivity index (χ1n) is 6.83. The van der Waals surface area contributed by atoms with E-state index in [1.54, 1.807) is 30.3 Å². The Morgan fingerprint density at radius 3 is 2.36 bits per heavy atom. The maximum absolute atomic E-state index is 12.0. The molecule has 5 heteroatoms. The third-order valence-electron chi connectivity index (χ3n) is 3.13. The monoisotopic (exact) mass is 314 g/mol. The lowest BCUT2D eigenvalue weighted by atomic mass is 10.1. The third-order valence-corrected chi connectivity index (χ3v) is 4.37. The molecule has 2 aromatic rings. The molecule has 0 aliphatic rings. The van der Waals surface area contributed by atoms with E-state index in [9.17, 15) is 8.42 Å². The number of benzene rings is 2. The molecule has 0 aliphatic heterocycles. The Labute approximate surface area is 131 Å². The molecule has 22 heavy (non-hydrogen) atoms.